The van der Waals surface area contributed by atoms with Crippen LogP contribution >= 0.6 is 0 Å². The van der Waals surface area contributed by atoms with E-state index in [1.807, 2.05) is 0 Å². The molecule has 4 heteroatoms. The topological polar surface area (TPSA) is 24.0 Å². The number of aromatic nitrogens is 3. The molecule has 0 aliphatic carbocycles. The molecule has 9 aromatic carbocycles. The first-order valence-electron chi connectivity index (χ1n) is 20.4. The van der Waals surface area contributed by atoms with Gasteiger partial charge in [-0.25, -0.2) is 0 Å². The maximum Gasteiger partial charge on any atom is 0.142 e. The lowest BCUT2D eigenvalue weighted by Crippen LogP contribution is -2.37. The van der Waals surface area contributed by atoms with Crippen LogP contribution in [0.3, 0.4) is 0 Å². The van der Waals surface area contributed by atoms with E-state index in [0.717, 1.165) is 55.8 Å². The first kappa shape index (κ1) is 31.3. The fraction of sp³-hybridized carbons (Fsp3) is 0.0182. The van der Waals surface area contributed by atoms with Crippen molar-refractivity contribution in [3.8, 4) is 28.6 Å². The van der Waals surface area contributed by atoms with Gasteiger partial charge in [-0.2, -0.15) is 0 Å². The lowest BCUT2D eigenvalue weighted by molar-refractivity contribution is 0.439. The minimum Gasteiger partial charge on any atom is -0.456 e. The van der Waals surface area contributed by atoms with Crippen LogP contribution in [0.1, 0.15) is 22.3 Å². The van der Waals surface area contributed by atoms with Crippen molar-refractivity contribution in [2.75, 3.05) is 0 Å². The minimum atomic E-state index is -0.633. The van der Waals surface area contributed by atoms with Gasteiger partial charge in [0.25, 0.3) is 0 Å². The quantitative estimate of drug-likeness (QED) is 0.173. The van der Waals surface area contributed by atoms with Gasteiger partial charge >= 0.3 is 0 Å². The number of fused-ring (bicyclic) bond motifs is 18. The number of rotatable bonds is 2. The van der Waals surface area contributed by atoms with E-state index in [0.29, 0.717) is 0 Å². The molecule has 1 unspecified atom stereocenters. The Morgan fingerprint density at radius 1 is 0.322 bits per heavy atom. The average Bonchev–Trinajstić information content (AvgIpc) is 3.95. The molecule has 0 amide bonds. The van der Waals surface area contributed by atoms with Crippen molar-refractivity contribution in [2.45, 2.75) is 5.41 Å². The summed E-state index contributed by atoms with van der Waals surface area (Å²) in [6.45, 7) is 0. The molecule has 0 saturated carbocycles. The van der Waals surface area contributed by atoms with Gasteiger partial charge in [0.2, 0.25) is 0 Å². The summed E-state index contributed by atoms with van der Waals surface area (Å²) in [5, 5.41) is 7.33. The lowest BCUT2D eigenvalue weighted by atomic mass is 9.61. The van der Waals surface area contributed by atoms with Crippen LogP contribution in [0, 0.1) is 0 Å². The number of ether oxygens (including phenoxy) is 1. The summed E-state index contributed by atoms with van der Waals surface area (Å²) >= 11 is 0. The third-order valence-electron chi connectivity index (χ3n) is 13.3. The van der Waals surface area contributed by atoms with E-state index in [4.69, 9.17) is 4.74 Å². The van der Waals surface area contributed by atoms with Crippen LogP contribution in [-0.4, -0.2) is 13.7 Å². The van der Waals surface area contributed by atoms with Crippen molar-refractivity contribution in [1.82, 2.24) is 13.7 Å². The Morgan fingerprint density at radius 2 is 0.814 bits per heavy atom. The Bertz CT molecular complexity index is 3710. The fourth-order valence-electron chi connectivity index (χ4n) is 11.1. The standard InChI is InChI=1S/C55H33N3O/c1-7-22-45-36(14-1)37-15-2-8-23-46(37)56(45)34-28-30-35(31-29-34)57-48-25-10-4-17-40(48)52-50(57)33-32-44-54(52)59-51-27-12-6-20-42(51)55(44)41-19-5-11-26-49(41)58-47-24-9-3-16-38(47)39-18-13-21-43(55)53(39)58/h1-33H. The molecule has 59 heavy (non-hydrogen) atoms. The summed E-state index contributed by atoms with van der Waals surface area (Å²) in [6.07, 6.45) is 0. The second-order valence-corrected chi connectivity index (χ2v) is 16.0. The average molecular weight is 752 g/mol. The third kappa shape index (κ3) is 3.80. The molecule has 12 aromatic rings. The van der Waals surface area contributed by atoms with Crippen LogP contribution in [0.25, 0.3) is 82.5 Å². The maximum atomic E-state index is 7.26. The number of nitrogens with zero attached hydrogens (tertiary/aromatic N) is 3. The van der Waals surface area contributed by atoms with E-state index in [9.17, 15) is 0 Å². The van der Waals surface area contributed by atoms with Crippen molar-refractivity contribution in [2.24, 2.45) is 0 Å². The monoisotopic (exact) mass is 751 g/mol. The molecule has 14 rings (SSSR count). The van der Waals surface area contributed by atoms with Gasteiger partial charge in [-0.15, -0.1) is 0 Å². The molecule has 0 saturated heterocycles. The summed E-state index contributed by atoms with van der Waals surface area (Å²) in [4.78, 5) is 0. The van der Waals surface area contributed by atoms with E-state index in [-0.39, 0.29) is 0 Å². The van der Waals surface area contributed by atoms with Gasteiger partial charge in [0.1, 0.15) is 11.5 Å². The van der Waals surface area contributed by atoms with Crippen LogP contribution < -0.4 is 4.74 Å². The zero-order valence-corrected chi connectivity index (χ0v) is 31.8. The zero-order chi connectivity index (χ0) is 38.4. The summed E-state index contributed by atoms with van der Waals surface area (Å²) in [5.74, 6) is 1.80. The zero-order valence-electron chi connectivity index (χ0n) is 31.8. The summed E-state index contributed by atoms with van der Waals surface area (Å²) in [6, 6.07) is 73.3. The fourth-order valence-corrected chi connectivity index (χ4v) is 11.1. The van der Waals surface area contributed by atoms with E-state index in [1.54, 1.807) is 0 Å². The highest BCUT2D eigenvalue weighted by molar-refractivity contribution is 6.15. The van der Waals surface area contributed by atoms with E-state index in [2.05, 4.69) is 214 Å². The van der Waals surface area contributed by atoms with Gasteiger partial charge < -0.3 is 18.4 Å². The highest BCUT2D eigenvalue weighted by atomic mass is 16.5. The Labute approximate surface area is 339 Å². The first-order valence-corrected chi connectivity index (χ1v) is 20.4. The van der Waals surface area contributed by atoms with Gasteiger partial charge in [0.05, 0.1) is 49.6 Å². The summed E-state index contributed by atoms with van der Waals surface area (Å²) in [7, 11) is 0. The van der Waals surface area contributed by atoms with Crippen molar-refractivity contribution < 1.29 is 4.74 Å². The Kier molecular flexibility index (Phi) is 5.93. The van der Waals surface area contributed by atoms with Crippen LogP contribution in [0.2, 0.25) is 0 Å². The molecule has 4 nitrogen and oxygen atoms in total. The van der Waals surface area contributed by atoms with Crippen LogP contribution in [-0.2, 0) is 5.41 Å². The lowest BCUT2D eigenvalue weighted by Gasteiger charge is -2.45. The number of hydrogen-bond donors (Lipinski definition) is 0. The molecule has 0 N–H and O–H groups in total. The Hall–Kier alpha value is -7.82. The molecular weight excluding hydrogens is 719 g/mol. The molecule has 0 bridgehead atoms. The molecule has 1 atom stereocenters. The first-order chi connectivity index (χ1) is 29.3. The molecule has 5 heterocycles. The van der Waals surface area contributed by atoms with Gasteiger partial charge in [0, 0.05) is 49.4 Å². The molecule has 2 aliphatic rings. The van der Waals surface area contributed by atoms with E-state index < -0.39 is 5.41 Å². The Balaban J connectivity index is 1.05. The largest absolute Gasteiger partial charge is 0.456 e. The third-order valence-corrected chi connectivity index (χ3v) is 13.3. The number of para-hydroxylation sites is 7. The maximum absolute atomic E-state index is 7.26. The summed E-state index contributed by atoms with van der Waals surface area (Å²) < 4.78 is 14.5. The Morgan fingerprint density at radius 3 is 1.51 bits per heavy atom. The highest BCUT2D eigenvalue weighted by Crippen LogP contribution is 2.62. The van der Waals surface area contributed by atoms with E-state index in [1.165, 1.54) is 60.4 Å². The predicted octanol–water partition coefficient (Wildman–Crippen LogP) is 13.8. The van der Waals surface area contributed by atoms with Crippen molar-refractivity contribution in [3.05, 3.63) is 222 Å². The molecular formula is C55H33N3O. The highest BCUT2D eigenvalue weighted by Gasteiger charge is 2.50. The van der Waals surface area contributed by atoms with Crippen LogP contribution in [0.4, 0.5) is 0 Å². The molecule has 0 fully saturated rings. The second-order valence-electron chi connectivity index (χ2n) is 16.0. The summed E-state index contributed by atoms with van der Waals surface area (Å²) in [5.41, 5.74) is 14.8. The van der Waals surface area contributed by atoms with Crippen molar-refractivity contribution in [1.29, 1.82) is 0 Å². The van der Waals surface area contributed by atoms with E-state index >= 15 is 0 Å². The molecule has 2 aliphatic heterocycles. The normalized spacial score (nSPS) is 15.3. The van der Waals surface area contributed by atoms with Gasteiger partial charge in [-0.1, -0.05) is 133 Å². The van der Waals surface area contributed by atoms with Gasteiger partial charge in [-0.05, 0) is 77.9 Å². The van der Waals surface area contributed by atoms with Crippen molar-refractivity contribution in [3.63, 3.8) is 0 Å². The molecule has 0 radical (unpaired) electrons. The van der Waals surface area contributed by atoms with Gasteiger partial charge in [-0.3, -0.25) is 0 Å². The molecule has 1 spiro atoms. The SMILES string of the molecule is c1ccc2c(c1)Oc1c(ccc3c1c1ccccc1n3-c1ccc(-n3c4ccccc4c4ccccc43)cc1)C21c2ccccc2-n2c3ccccc3c3cccc1c32. The van der Waals surface area contributed by atoms with Crippen molar-refractivity contribution >= 4 is 65.4 Å². The smallest absolute Gasteiger partial charge is 0.142 e. The number of hydrogen-bond acceptors (Lipinski definition) is 1. The number of benzene rings is 9. The molecule has 3 aromatic heterocycles. The second kappa shape index (κ2) is 11.2. The van der Waals surface area contributed by atoms with Crippen LogP contribution in [0.15, 0.2) is 200 Å². The molecule has 274 valence electrons. The van der Waals surface area contributed by atoms with Gasteiger partial charge in [0.15, 0.2) is 0 Å². The minimum absolute atomic E-state index is 0.633. The predicted molar refractivity (Wildman–Crippen MR) is 241 cm³/mol. The van der Waals surface area contributed by atoms with Crippen LogP contribution in [0.5, 0.6) is 11.5 Å².